The number of hydrogen-bond acceptors (Lipinski definition) is 5. The minimum Gasteiger partial charge on any atom is -0.353 e. The van der Waals surface area contributed by atoms with Gasteiger partial charge in [0.25, 0.3) is 5.91 Å². The van der Waals surface area contributed by atoms with Gasteiger partial charge in [-0.15, -0.1) is 0 Å². The average molecular weight is 577 g/mol. The van der Waals surface area contributed by atoms with Gasteiger partial charge in [-0.1, -0.05) is 64.1 Å². The molecule has 0 saturated heterocycles. The van der Waals surface area contributed by atoms with Gasteiger partial charge in [0.05, 0.1) is 28.3 Å². The Balaban J connectivity index is 1.63. The van der Waals surface area contributed by atoms with Gasteiger partial charge in [-0.2, -0.15) is 5.26 Å². The number of carbonyl (C=O) groups is 2. The minimum absolute atomic E-state index is 0.00634. The van der Waals surface area contributed by atoms with Crippen molar-refractivity contribution in [2.75, 3.05) is 16.4 Å². The van der Waals surface area contributed by atoms with Crippen molar-refractivity contribution in [3.8, 4) is 6.07 Å². The lowest BCUT2D eigenvalue weighted by Gasteiger charge is -2.30. The number of nitriles is 1. The summed E-state index contributed by atoms with van der Waals surface area (Å²) in [5.41, 5.74) is 2.28. The van der Waals surface area contributed by atoms with Crippen molar-refractivity contribution in [3.05, 3.63) is 117 Å². The van der Waals surface area contributed by atoms with Gasteiger partial charge < -0.3 is 16.0 Å². The van der Waals surface area contributed by atoms with Crippen molar-refractivity contribution >= 4 is 50.9 Å². The summed E-state index contributed by atoms with van der Waals surface area (Å²) in [6.07, 6.45) is 0. The highest BCUT2D eigenvalue weighted by Gasteiger charge is 2.36. The van der Waals surface area contributed by atoms with Gasteiger partial charge >= 0.3 is 0 Å². The molecule has 1 atom stereocenters. The van der Waals surface area contributed by atoms with Crippen LogP contribution in [0.4, 0.5) is 15.8 Å². The molecule has 0 aliphatic carbocycles. The zero-order chi connectivity index (χ0) is 26.4. The molecule has 0 unspecified atom stereocenters. The Kier molecular flexibility index (Phi) is 8.43. The second-order valence-electron chi connectivity index (χ2n) is 8.14. The Morgan fingerprint density at radius 2 is 1.65 bits per heavy atom. The number of anilines is 2. The molecule has 1 aliphatic rings. The summed E-state index contributed by atoms with van der Waals surface area (Å²) in [6, 6.07) is 24.3. The van der Waals surface area contributed by atoms with E-state index in [1.165, 1.54) is 6.07 Å². The SMILES string of the molecule is CC1=C(C(=O)Nc2ccccc2)[C@H](c2ccccc2F)C(C#N)=C(SCC(=O)Nc2ccc(Br)cc2)N1. The fourth-order valence-electron chi connectivity index (χ4n) is 3.94. The molecule has 0 aromatic heterocycles. The lowest BCUT2D eigenvalue weighted by atomic mass is 9.82. The number of dihydropyridines is 1. The first-order valence-electron chi connectivity index (χ1n) is 11.3. The van der Waals surface area contributed by atoms with E-state index >= 15 is 4.39 Å². The third-order valence-electron chi connectivity index (χ3n) is 5.62. The molecular formula is C28H22BrFN4O2S. The van der Waals surface area contributed by atoms with Gasteiger partial charge in [0, 0.05) is 32.7 Å². The zero-order valence-electron chi connectivity index (χ0n) is 19.7. The molecular weight excluding hydrogens is 555 g/mol. The molecule has 1 aliphatic heterocycles. The third kappa shape index (κ3) is 6.28. The summed E-state index contributed by atoms with van der Waals surface area (Å²) in [5.74, 6) is -2.19. The Labute approximate surface area is 226 Å². The molecule has 37 heavy (non-hydrogen) atoms. The first-order valence-corrected chi connectivity index (χ1v) is 13.1. The number of rotatable bonds is 7. The van der Waals surface area contributed by atoms with Gasteiger partial charge in [0.15, 0.2) is 0 Å². The van der Waals surface area contributed by atoms with Crippen LogP contribution in [0, 0.1) is 17.1 Å². The van der Waals surface area contributed by atoms with E-state index in [1.54, 1.807) is 61.5 Å². The van der Waals surface area contributed by atoms with Crippen LogP contribution in [0.2, 0.25) is 0 Å². The first-order chi connectivity index (χ1) is 17.9. The highest BCUT2D eigenvalue weighted by Crippen LogP contribution is 2.41. The summed E-state index contributed by atoms with van der Waals surface area (Å²) in [6.45, 7) is 1.70. The van der Waals surface area contributed by atoms with Gasteiger partial charge in [-0.25, -0.2) is 4.39 Å². The highest BCUT2D eigenvalue weighted by molar-refractivity contribution is 9.10. The Morgan fingerprint density at radius 1 is 1.00 bits per heavy atom. The Bertz CT molecular complexity index is 1430. The molecule has 3 aromatic carbocycles. The maximum Gasteiger partial charge on any atom is 0.254 e. The quantitative estimate of drug-likeness (QED) is 0.307. The van der Waals surface area contributed by atoms with Crippen LogP contribution < -0.4 is 16.0 Å². The molecule has 0 fully saturated rings. The van der Waals surface area contributed by atoms with E-state index in [0.717, 1.165) is 16.2 Å². The van der Waals surface area contributed by atoms with E-state index in [4.69, 9.17) is 0 Å². The van der Waals surface area contributed by atoms with Crippen molar-refractivity contribution in [2.45, 2.75) is 12.8 Å². The maximum absolute atomic E-state index is 15.0. The van der Waals surface area contributed by atoms with Crippen molar-refractivity contribution in [1.29, 1.82) is 5.26 Å². The third-order valence-corrected chi connectivity index (χ3v) is 7.16. The fraction of sp³-hybridized carbons (Fsp3) is 0.107. The lowest BCUT2D eigenvalue weighted by Crippen LogP contribution is -2.31. The van der Waals surface area contributed by atoms with Gasteiger partial charge in [0.1, 0.15) is 5.82 Å². The topological polar surface area (TPSA) is 94.0 Å². The molecule has 6 nitrogen and oxygen atoms in total. The van der Waals surface area contributed by atoms with Crippen LogP contribution >= 0.6 is 27.7 Å². The van der Waals surface area contributed by atoms with E-state index in [1.807, 2.05) is 18.2 Å². The molecule has 0 saturated carbocycles. The largest absolute Gasteiger partial charge is 0.353 e. The molecule has 4 rings (SSSR count). The lowest BCUT2D eigenvalue weighted by molar-refractivity contribution is -0.114. The Morgan fingerprint density at radius 3 is 2.32 bits per heavy atom. The molecule has 186 valence electrons. The monoisotopic (exact) mass is 576 g/mol. The number of allylic oxidation sites excluding steroid dienone is 2. The molecule has 1 heterocycles. The maximum atomic E-state index is 15.0. The number of carbonyl (C=O) groups excluding carboxylic acids is 2. The van der Waals surface area contributed by atoms with Crippen molar-refractivity contribution in [2.24, 2.45) is 0 Å². The summed E-state index contributed by atoms with van der Waals surface area (Å²) in [5, 5.41) is 19.3. The van der Waals surface area contributed by atoms with Crippen LogP contribution in [0.15, 0.2) is 105 Å². The zero-order valence-corrected chi connectivity index (χ0v) is 22.1. The number of nitrogens with one attached hydrogen (secondary N) is 3. The van der Waals surface area contributed by atoms with Crippen LogP contribution in [-0.2, 0) is 9.59 Å². The molecule has 9 heteroatoms. The molecule has 0 spiro atoms. The van der Waals surface area contributed by atoms with Gasteiger partial charge in [-0.3, -0.25) is 9.59 Å². The summed E-state index contributed by atoms with van der Waals surface area (Å²) >= 11 is 4.48. The number of benzene rings is 3. The van der Waals surface area contributed by atoms with Crippen LogP contribution in [0.5, 0.6) is 0 Å². The van der Waals surface area contributed by atoms with Crippen molar-refractivity contribution in [3.63, 3.8) is 0 Å². The number of halogens is 2. The standard InChI is InChI=1S/C28H22BrFN4O2S/c1-17-25(27(36)34-19-7-3-2-4-8-19)26(21-9-5-6-10-23(21)30)22(15-31)28(32-17)37-16-24(35)33-20-13-11-18(29)12-14-20/h2-14,26,32H,16H2,1H3,(H,33,35)(H,34,36)/t26-/m1/s1. The molecule has 0 bridgehead atoms. The molecule has 0 radical (unpaired) electrons. The molecule has 3 N–H and O–H groups in total. The number of amides is 2. The number of para-hydroxylation sites is 1. The fourth-order valence-corrected chi connectivity index (χ4v) is 5.09. The summed E-state index contributed by atoms with van der Waals surface area (Å²) in [4.78, 5) is 26.0. The van der Waals surface area contributed by atoms with Crippen molar-refractivity contribution < 1.29 is 14.0 Å². The van der Waals surface area contributed by atoms with E-state index < -0.39 is 17.6 Å². The average Bonchev–Trinajstić information content (AvgIpc) is 2.89. The number of hydrogen-bond donors (Lipinski definition) is 3. The van der Waals surface area contributed by atoms with Crippen LogP contribution in [0.25, 0.3) is 0 Å². The Hall–Kier alpha value is -3.87. The molecule has 2 amide bonds. The second-order valence-corrected chi connectivity index (χ2v) is 10.0. The predicted molar refractivity (Wildman–Crippen MR) is 148 cm³/mol. The predicted octanol–water partition coefficient (Wildman–Crippen LogP) is 6.29. The molecule has 3 aromatic rings. The minimum atomic E-state index is -0.951. The van der Waals surface area contributed by atoms with E-state index in [2.05, 4.69) is 37.9 Å². The van der Waals surface area contributed by atoms with Crippen LogP contribution in [-0.4, -0.2) is 17.6 Å². The van der Waals surface area contributed by atoms with E-state index in [0.29, 0.717) is 22.1 Å². The summed E-state index contributed by atoms with van der Waals surface area (Å²) < 4.78 is 15.9. The van der Waals surface area contributed by atoms with Gasteiger partial charge in [-0.05, 0) is 49.4 Å². The van der Waals surface area contributed by atoms with E-state index in [-0.39, 0.29) is 28.4 Å². The second kappa shape index (κ2) is 11.9. The van der Waals surface area contributed by atoms with Crippen LogP contribution in [0.3, 0.4) is 0 Å². The van der Waals surface area contributed by atoms with E-state index in [9.17, 15) is 14.9 Å². The smallest absolute Gasteiger partial charge is 0.254 e. The number of nitrogens with zero attached hydrogens (tertiary/aromatic N) is 1. The first kappa shape index (κ1) is 26.2. The van der Waals surface area contributed by atoms with Crippen molar-refractivity contribution in [1.82, 2.24) is 5.32 Å². The normalized spacial score (nSPS) is 15.0. The highest BCUT2D eigenvalue weighted by atomic mass is 79.9. The van der Waals surface area contributed by atoms with Crippen LogP contribution in [0.1, 0.15) is 18.4 Å². The number of thioether (sulfide) groups is 1. The van der Waals surface area contributed by atoms with Gasteiger partial charge in [0.2, 0.25) is 5.91 Å². The summed E-state index contributed by atoms with van der Waals surface area (Å²) in [7, 11) is 0.